The van der Waals surface area contributed by atoms with E-state index < -0.39 is 11.9 Å². The Hall–Kier alpha value is -1.85. The van der Waals surface area contributed by atoms with Crippen molar-refractivity contribution in [2.24, 2.45) is 0 Å². The zero-order chi connectivity index (χ0) is 14.7. The van der Waals surface area contributed by atoms with Gasteiger partial charge in [-0.25, -0.2) is 4.79 Å². The quantitative estimate of drug-likeness (QED) is 0.874. The largest absolute Gasteiger partial charge is 0.478 e. The van der Waals surface area contributed by atoms with E-state index in [4.69, 9.17) is 16.7 Å². The Labute approximate surface area is 128 Å². The number of halogens is 2. The minimum Gasteiger partial charge on any atom is -0.478 e. The van der Waals surface area contributed by atoms with E-state index >= 15 is 0 Å². The van der Waals surface area contributed by atoms with Crippen molar-refractivity contribution in [2.45, 2.75) is 0 Å². The first-order chi connectivity index (χ1) is 9.49. The van der Waals surface area contributed by atoms with Gasteiger partial charge in [0.15, 0.2) is 0 Å². The molecule has 0 fully saturated rings. The third kappa shape index (κ3) is 3.18. The van der Waals surface area contributed by atoms with E-state index in [9.17, 15) is 9.59 Å². The normalized spacial score (nSPS) is 10.1. The lowest BCUT2D eigenvalue weighted by atomic mass is 10.1. The summed E-state index contributed by atoms with van der Waals surface area (Å²) in [6, 6.07) is 11.1. The summed E-state index contributed by atoms with van der Waals surface area (Å²) in [7, 11) is 0. The Morgan fingerprint density at radius 3 is 2.45 bits per heavy atom. The zero-order valence-electron chi connectivity index (χ0n) is 10.1. The van der Waals surface area contributed by atoms with Crippen molar-refractivity contribution in [3.8, 4) is 0 Å². The molecule has 0 aliphatic carbocycles. The van der Waals surface area contributed by atoms with Crippen LogP contribution in [0.2, 0.25) is 5.02 Å². The van der Waals surface area contributed by atoms with Gasteiger partial charge in [-0.15, -0.1) is 0 Å². The molecular formula is C14H9BrClNO3. The standard InChI is InChI=1S/C14H9BrClNO3/c15-11-4-2-1-3-9(11)13(18)17-12-7-8(16)5-6-10(12)14(19)20/h1-7H,(H,17,18)(H,19,20). The van der Waals surface area contributed by atoms with Gasteiger partial charge < -0.3 is 10.4 Å². The van der Waals surface area contributed by atoms with Crippen molar-refractivity contribution >= 4 is 45.1 Å². The molecule has 2 aromatic carbocycles. The van der Waals surface area contributed by atoms with Crippen molar-refractivity contribution in [2.75, 3.05) is 5.32 Å². The molecule has 1 amide bonds. The fourth-order valence-corrected chi connectivity index (χ4v) is 2.28. The zero-order valence-corrected chi connectivity index (χ0v) is 12.4. The number of carboxylic acids is 1. The summed E-state index contributed by atoms with van der Waals surface area (Å²) in [6.07, 6.45) is 0. The molecular weight excluding hydrogens is 346 g/mol. The monoisotopic (exact) mass is 353 g/mol. The van der Waals surface area contributed by atoms with Crippen molar-refractivity contribution in [3.05, 3.63) is 63.1 Å². The lowest BCUT2D eigenvalue weighted by molar-refractivity contribution is 0.0698. The van der Waals surface area contributed by atoms with E-state index in [0.717, 1.165) is 0 Å². The van der Waals surface area contributed by atoms with Crippen LogP contribution in [0.4, 0.5) is 5.69 Å². The van der Waals surface area contributed by atoms with Crippen LogP contribution >= 0.6 is 27.5 Å². The minimum absolute atomic E-state index is 0.0187. The van der Waals surface area contributed by atoms with E-state index in [-0.39, 0.29) is 11.3 Å². The third-order valence-electron chi connectivity index (χ3n) is 2.58. The molecule has 0 radical (unpaired) electrons. The number of benzene rings is 2. The first-order valence-electron chi connectivity index (χ1n) is 5.58. The molecule has 2 N–H and O–H groups in total. The topological polar surface area (TPSA) is 66.4 Å². The van der Waals surface area contributed by atoms with Gasteiger partial charge in [-0.2, -0.15) is 0 Å². The molecule has 0 aliphatic heterocycles. The molecule has 6 heteroatoms. The first-order valence-corrected chi connectivity index (χ1v) is 6.75. The molecule has 0 unspecified atom stereocenters. The van der Waals surface area contributed by atoms with Crippen LogP contribution in [-0.4, -0.2) is 17.0 Å². The maximum absolute atomic E-state index is 12.1. The number of anilines is 1. The second-order valence-electron chi connectivity index (χ2n) is 3.93. The highest BCUT2D eigenvalue weighted by Crippen LogP contribution is 2.23. The number of carbonyl (C=O) groups excluding carboxylic acids is 1. The average Bonchev–Trinajstić information content (AvgIpc) is 2.38. The van der Waals surface area contributed by atoms with Gasteiger partial charge in [-0.05, 0) is 46.3 Å². The highest BCUT2D eigenvalue weighted by molar-refractivity contribution is 9.10. The fraction of sp³-hybridized carbons (Fsp3) is 0. The number of carbonyl (C=O) groups is 2. The number of aromatic carboxylic acids is 1. The van der Waals surface area contributed by atoms with Crippen LogP contribution in [-0.2, 0) is 0 Å². The van der Waals surface area contributed by atoms with Crippen molar-refractivity contribution < 1.29 is 14.7 Å². The molecule has 0 spiro atoms. The average molecular weight is 355 g/mol. The van der Waals surface area contributed by atoms with Gasteiger partial charge in [0.1, 0.15) is 0 Å². The summed E-state index contributed by atoms with van der Waals surface area (Å²) in [5, 5.41) is 12.0. The van der Waals surface area contributed by atoms with E-state index in [1.54, 1.807) is 24.3 Å². The molecule has 0 aliphatic rings. The van der Waals surface area contributed by atoms with E-state index in [2.05, 4.69) is 21.2 Å². The molecule has 4 nitrogen and oxygen atoms in total. The lowest BCUT2D eigenvalue weighted by Gasteiger charge is -2.10. The summed E-state index contributed by atoms with van der Waals surface area (Å²) < 4.78 is 0.622. The maximum Gasteiger partial charge on any atom is 0.337 e. The molecule has 0 saturated heterocycles. The van der Waals surface area contributed by atoms with Gasteiger partial charge in [0.2, 0.25) is 0 Å². The van der Waals surface area contributed by atoms with Gasteiger partial charge in [-0.3, -0.25) is 4.79 Å². The Kier molecular flexibility index (Phi) is 4.42. The summed E-state index contributed by atoms with van der Waals surface area (Å²) in [6.45, 7) is 0. The van der Waals surface area contributed by atoms with Crippen molar-refractivity contribution in [1.82, 2.24) is 0 Å². The highest BCUT2D eigenvalue weighted by atomic mass is 79.9. The molecule has 0 saturated carbocycles. The van der Waals surface area contributed by atoms with Gasteiger partial charge in [0, 0.05) is 9.50 Å². The smallest absolute Gasteiger partial charge is 0.337 e. The number of carboxylic acid groups (broad SMARTS) is 1. The summed E-state index contributed by atoms with van der Waals surface area (Å²) >= 11 is 9.10. The highest BCUT2D eigenvalue weighted by Gasteiger charge is 2.15. The molecule has 0 bridgehead atoms. The Bertz CT molecular complexity index is 688. The van der Waals surface area contributed by atoms with Gasteiger partial charge in [0.25, 0.3) is 5.91 Å². The van der Waals surface area contributed by atoms with Crippen LogP contribution in [0.3, 0.4) is 0 Å². The molecule has 0 heterocycles. The van der Waals surface area contributed by atoms with Crippen LogP contribution in [0.1, 0.15) is 20.7 Å². The SMILES string of the molecule is O=C(Nc1cc(Cl)ccc1C(=O)O)c1ccccc1Br. The molecule has 0 atom stereocenters. The number of amides is 1. The molecule has 0 aromatic heterocycles. The van der Waals surface area contributed by atoms with Gasteiger partial charge in [-0.1, -0.05) is 23.7 Å². The first kappa shape index (κ1) is 14.6. The van der Waals surface area contributed by atoms with Crippen LogP contribution in [0.15, 0.2) is 46.9 Å². The van der Waals surface area contributed by atoms with Crippen LogP contribution < -0.4 is 5.32 Å². The molecule has 2 rings (SSSR count). The molecule has 2 aromatic rings. The summed E-state index contributed by atoms with van der Waals surface area (Å²) in [5.74, 6) is -1.55. The van der Waals surface area contributed by atoms with Gasteiger partial charge >= 0.3 is 5.97 Å². The lowest BCUT2D eigenvalue weighted by Crippen LogP contribution is -2.15. The van der Waals surface area contributed by atoms with Crippen LogP contribution in [0.25, 0.3) is 0 Å². The maximum atomic E-state index is 12.1. The second-order valence-corrected chi connectivity index (χ2v) is 5.22. The summed E-state index contributed by atoms with van der Waals surface area (Å²) in [4.78, 5) is 23.3. The Balaban J connectivity index is 2.35. The fourth-order valence-electron chi connectivity index (χ4n) is 1.64. The third-order valence-corrected chi connectivity index (χ3v) is 3.51. The van der Waals surface area contributed by atoms with Gasteiger partial charge in [0.05, 0.1) is 16.8 Å². The number of hydrogen-bond donors (Lipinski definition) is 2. The predicted octanol–water partition coefficient (Wildman–Crippen LogP) is 4.05. The molecule has 20 heavy (non-hydrogen) atoms. The Morgan fingerprint density at radius 1 is 1.10 bits per heavy atom. The van der Waals surface area contributed by atoms with Crippen LogP contribution in [0.5, 0.6) is 0 Å². The van der Waals surface area contributed by atoms with E-state index in [1.165, 1.54) is 18.2 Å². The predicted molar refractivity (Wildman–Crippen MR) is 80.5 cm³/mol. The van der Waals surface area contributed by atoms with E-state index in [0.29, 0.717) is 15.1 Å². The number of rotatable bonds is 3. The van der Waals surface area contributed by atoms with Crippen LogP contribution in [0, 0.1) is 0 Å². The van der Waals surface area contributed by atoms with Crippen molar-refractivity contribution in [1.29, 1.82) is 0 Å². The summed E-state index contributed by atoms with van der Waals surface area (Å²) in [5.41, 5.74) is 0.546. The number of nitrogens with one attached hydrogen (secondary N) is 1. The minimum atomic E-state index is -1.14. The second kappa shape index (κ2) is 6.07. The van der Waals surface area contributed by atoms with E-state index in [1.807, 2.05) is 0 Å². The Morgan fingerprint density at radius 2 is 1.80 bits per heavy atom. The van der Waals surface area contributed by atoms with Crippen molar-refractivity contribution in [3.63, 3.8) is 0 Å². The molecule has 102 valence electrons. The number of hydrogen-bond acceptors (Lipinski definition) is 2.